The van der Waals surface area contributed by atoms with Crippen LogP contribution in [0.25, 0.3) is 0 Å². The van der Waals surface area contributed by atoms with E-state index in [9.17, 15) is 18.3 Å². The van der Waals surface area contributed by atoms with Gasteiger partial charge in [-0.2, -0.15) is 0 Å². The molecule has 0 atom stereocenters. The van der Waals surface area contributed by atoms with E-state index in [0.29, 0.717) is 12.1 Å². The molecule has 0 unspecified atom stereocenters. The van der Waals surface area contributed by atoms with Gasteiger partial charge in [-0.05, 0) is 56.0 Å². The van der Waals surface area contributed by atoms with Crippen LogP contribution in [-0.4, -0.2) is 14.4 Å². The van der Waals surface area contributed by atoms with Gasteiger partial charge < -0.3 is 9.90 Å². The van der Waals surface area contributed by atoms with Gasteiger partial charge in [0, 0.05) is 5.97 Å². The Hall–Kier alpha value is -2.34. The summed E-state index contributed by atoms with van der Waals surface area (Å²) >= 11 is 0. The molecule has 0 saturated heterocycles. The molecule has 23 heavy (non-hydrogen) atoms. The number of rotatable bonds is 6. The maximum Gasteiger partial charge on any atom is 0.261 e. The van der Waals surface area contributed by atoms with Gasteiger partial charge in [0.25, 0.3) is 10.0 Å². The van der Waals surface area contributed by atoms with Crippen LogP contribution >= 0.6 is 0 Å². The largest absolute Gasteiger partial charge is 0.550 e. The maximum absolute atomic E-state index is 12.4. The van der Waals surface area contributed by atoms with E-state index in [-0.39, 0.29) is 11.3 Å². The zero-order chi connectivity index (χ0) is 17.0. The molecule has 0 aliphatic heterocycles. The molecule has 2 rings (SSSR count). The Morgan fingerprint density at radius 2 is 1.74 bits per heavy atom. The van der Waals surface area contributed by atoms with Crippen molar-refractivity contribution < 1.29 is 18.3 Å². The zero-order valence-corrected chi connectivity index (χ0v) is 13.8. The minimum atomic E-state index is -3.68. The fraction of sp³-hybridized carbons (Fsp3) is 0.235. The van der Waals surface area contributed by atoms with Crippen molar-refractivity contribution in [3.63, 3.8) is 0 Å². The predicted octanol–water partition coefficient (Wildman–Crippen LogP) is 1.79. The maximum atomic E-state index is 12.4. The van der Waals surface area contributed by atoms with Crippen molar-refractivity contribution in [3.05, 3.63) is 59.2 Å². The number of hydrogen-bond donors (Lipinski definition) is 1. The number of carbonyl (C=O) groups excluding carboxylic acids is 1. The van der Waals surface area contributed by atoms with E-state index in [1.165, 1.54) is 12.1 Å². The molecule has 122 valence electrons. The van der Waals surface area contributed by atoms with Gasteiger partial charge in [0.2, 0.25) is 0 Å². The number of hydrogen-bond acceptors (Lipinski definition) is 4. The average Bonchev–Trinajstić information content (AvgIpc) is 2.48. The monoisotopic (exact) mass is 332 g/mol. The highest BCUT2D eigenvalue weighted by molar-refractivity contribution is 7.92. The van der Waals surface area contributed by atoms with Gasteiger partial charge in [0.15, 0.2) is 0 Å². The lowest BCUT2D eigenvalue weighted by molar-refractivity contribution is -0.305. The Bertz CT molecular complexity index is 811. The van der Waals surface area contributed by atoms with Crippen molar-refractivity contribution in [2.75, 3.05) is 4.72 Å². The second kappa shape index (κ2) is 6.83. The Morgan fingerprint density at radius 1 is 1.09 bits per heavy atom. The van der Waals surface area contributed by atoms with E-state index >= 15 is 0 Å². The molecule has 0 spiro atoms. The van der Waals surface area contributed by atoms with E-state index < -0.39 is 16.0 Å². The molecular formula is C17H18NO4S-. The molecule has 5 nitrogen and oxygen atoms in total. The van der Waals surface area contributed by atoms with Crippen LogP contribution in [0.5, 0.6) is 0 Å². The van der Waals surface area contributed by atoms with E-state index in [0.717, 1.165) is 16.7 Å². The molecule has 0 amide bonds. The molecule has 0 radical (unpaired) electrons. The Kier molecular flexibility index (Phi) is 5.05. The third-order valence-electron chi connectivity index (χ3n) is 3.48. The van der Waals surface area contributed by atoms with E-state index in [1.54, 1.807) is 18.2 Å². The summed E-state index contributed by atoms with van der Waals surface area (Å²) in [5.41, 5.74) is 3.19. The van der Waals surface area contributed by atoms with E-state index in [2.05, 4.69) is 4.72 Å². The molecule has 0 fully saturated rings. The fourth-order valence-corrected chi connectivity index (χ4v) is 3.34. The number of aliphatic carboxylic acids is 1. The quantitative estimate of drug-likeness (QED) is 0.874. The highest BCUT2D eigenvalue weighted by Crippen LogP contribution is 2.21. The molecule has 0 bridgehead atoms. The lowest BCUT2D eigenvalue weighted by Crippen LogP contribution is -2.22. The van der Waals surface area contributed by atoms with Gasteiger partial charge >= 0.3 is 0 Å². The summed E-state index contributed by atoms with van der Waals surface area (Å²) in [5, 5.41) is 10.4. The molecule has 0 aliphatic rings. The van der Waals surface area contributed by atoms with Crippen LogP contribution in [0.4, 0.5) is 5.69 Å². The summed E-state index contributed by atoms with van der Waals surface area (Å²) in [6.07, 6.45) is 0.222. The summed E-state index contributed by atoms with van der Waals surface area (Å²) in [5.74, 6) is -1.13. The minimum absolute atomic E-state index is 0.0904. The smallest absolute Gasteiger partial charge is 0.261 e. The molecule has 1 N–H and O–H groups in total. The van der Waals surface area contributed by atoms with Crippen LogP contribution in [0.1, 0.15) is 23.1 Å². The first-order valence-electron chi connectivity index (χ1n) is 7.17. The number of aryl methyl sites for hydroxylation is 3. The van der Waals surface area contributed by atoms with Crippen molar-refractivity contribution in [2.24, 2.45) is 0 Å². The average molecular weight is 332 g/mol. The van der Waals surface area contributed by atoms with Crippen LogP contribution in [0.15, 0.2) is 47.4 Å². The number of carboxylic acid groups (broad SMARTS) is 1. The summed E-state index contributed by atoms with van der Waals surface area (Å²) in [6, 6.07) is 11.6. The number of nitrogens with one attached hydrogen (secondary N) is 1. The summed E-state index contributed by atoms with van der Waals surface area (Å²) in [6.45, 7) is 3.78. The van der Waals surface area contributed by atoms with Crippen molar-refractivity contribution in [1.82, 2.24) is 0 Å². The van der Waals surface area contributed by atoms with Gasteiger partial charge in [-0.1, -0.05) is 29.8 Å². The number of sulfonamides is 1. The Balaban J connectivity index is 2.17. The Morgan fingerprint density at radius 3 is 2.30 bits per heavy atom. The molecule has 2 aromatic carbocycles. The second-order valence-electron chi connectivity index (χ2n) is 5.44. The first-order valence-corrected chi connectivity index (χ1v) is 8.65. The SMILES string of the molecule is Cc1ccc(NS(=O)(=O)c2ccc(CCC(=O)[O-])cc2)c(C)c1. The number of benzene rings is 2. The zero-order valence-electron chi connectivity index (χ0n) is 13.0. The topological polar surface area (TPSA) is 86.3 Å². The lowest BCUT2D eigenvalue weighted by Gasteiger charge is -2.11. The summed E-state index contributed by atoms with van der Waals surface area (Å²) < 4.78 is 27.4. The molecule has 0 aliphatic carbocycles. The fourth-order valence-electron chi connectivity index (χ4n) is 2.21. The van der Waals surface area contributed by atoms with Crippen LogP contribution < -0.4 is 9.83 Å². The molecule has 6 heteroatoms. The molecule has 0 heterocycles. The first-order chi connectivity index (χ1) is 10.8. The predicted molar refractivity (Wildman–Crippen MR) is 86.5 cm³/mol. The lowest BCUT2D eigenvalue weighted by atomic mass is 10.1. The van der Waals surface area contributed by atoms with E-state index in [4.69, 9.17) is 0 Å². The molecule has 0 saturated carbocycles. The van der Waals surface area contributed by atoms with Gasteiger partial charge in [-0.25, -0.2) is 8.42 Å². The highest BCUT2D eigenvalue weighted by atomic mass is 32.2. The Labute approximate surface area is 136 Å². The molecule has 0 aromatic heterocycles. The van der Waals surface area contributed by atoms with Gasteiger partial charge in [-0.3, -0.25) is 4.72 Å². The first kappa shape index (κ1) is 17.0. The van der Waals surface area contributed by atoms with Crippen LogP contribution in [0, 0.1) is 13.8 Å². The van der Waals surface area contributed by atoms with Crippen LogP contribution in [-0.2, 0) is 21.2 Å². The number of anilines is 1. The molecule has 2 aromatic rings. The third kappa shape index (κ3) is 4.56. The van der Waals surface area contributed by atoms with Crippen molar-refractivity contribution in [1.29, 1.82) is 0 Å². The normalized spacial score (nSPS) is 11.2. The summed E-state index contributed by atoms with van der Waals surface area (Å²) in [7, 11) is -3.68. The number of carboxylic acids is 1. The van der Waals surface area contributed by atoms with Crippen molar-refractivity contribution >= 4 is 21.7 Å². The number of carbonyl (C=O) groups is 1. The van der Waals surface area contributed by atoms with Gasteiger partial charge in [-0.15, -0.1) is 0 Å². The highest BCUT2D eigenvalue weighted by Gasteiger charge is 2.15. The van der Waals surface area contributed by atoms with E-state index in [1.807, 2.05) is 26.0 Å². The van der Waals surface area contributed by atoms with Gasteiger partial charge in [0.05, 0.1) is 10.6 Å². The second-order valence-corrected chi connectivity index (χ2v) is 7.12. The van der Waals surface area contributed by atoms with Gasteiger partial charge in [0.1, 0.15) is 0 Å². The van der Waals surface area contributed by atoms with Crippen molar-refractivity contribution in [2.45, 2.75) is 31.6 Å². The summed E-state index contributed by atoms with van der Waals surface area (Å²) in [4.78, 5) is 10.6. The third-order valence-corrected chi connectivity index (χ3v) is 4.86. The minimum Gasteiger partial charge on any atom is -0.550 e. The van der Waals surface area contributed by atoms with Crippen LogP contribution in [0.3, 0.4) is 0 Å². The standard InChI is InChI=1S/C17H19NO4S/c1-12-3-9-16(13(2)11-12)18-23(21,22)15-7-4-14(5-8-15)6-10-17(19)20/h3-5,7-9,11,18H,6,10H2,1-2H3,(H,19,20)/p-1. The van der Waals surface area contributed by atoms with Crippen molar-refractivity contribution in [3.8, 4) is 0 Å². The molecular weight excluding hydrogens is 314 g/mol. The van der Waals surface area contributed by atoms with Crippen LogP contribution in [0.2, 0.25) is 0 Å².